The monoisotopic (exact) mass is 464 g/mol. The van der Waals surface area contributed by atoms with Gasteiger partial charge in [-0.25, -0.2) is 0 Å². The molecule has 3 saturated carbocycles. The van der Waals surface area contributed by atoms with Crippen LogP contribution in [0, 0.1) is 29.6 Å². The van der Waals surface area contributed by atoms with Crippen molar-refractivity contribution in [1.82, 2.24) is 0 Å². The zero-order chi connectivity index (χ0) is 23.6. The van der Waals surface area contributed by atoms with Gasteiger partial charge in [-0.15, -0.1) is 0 Å². The van der Waals surface area contributed by atoms with Crippen LogP contribution in [0.4, 0.5) is 0 Å². The fraction of sp³-hybridized carbons (Fsp3) is 0.824. The van der Waals surface area contributed by atoms with E-state index in [2.05, 4.69) is 38.1 Å². The Morgan fingerprint density at radius 3 is 1.91 bits per heavy atom. The molecule has 0 saturated heterocycles. The molecule has 0 bridgehead atoms. The van der Waals surface area contributed by atoms with E-state index in [0.29, 0.717) is 0 Å². The molecule has 3 aliphatic carbocycles. The Balaban J connectivity index is 1.29. The zero-order valence-corrected chi connectivity index (χ0v) is 22.9. The van der Waals surface area contributed by atoms with Crippen molar-refractivity contribution in [2.45, 2.75) is 148 Å². The fourth-order valence-corrected chi connectivity index (χ4v) is 7.99. The Hall–Kier alpha value is -0.780. The van der Waals surface area contributed by atoms with E-state index >= 15 is 0 Å². The van der Waals surface area contributed by atoms with Gasteiger partial charge in [0.05, 0.1) is 0 Å². The SMILES string of the molecule is CCCCC1CCC(CCC(Cc2ccc(C3CCC(CC)CC3)cc2)C2CCCCC2)CC1. The maximum atomic E-state index is 2.52. The first kappa shape index (κ1) is 26.3. The van der Waals surface area contributed by atoms with Gasteiger partial charge in [0.1, 0.15) is 0 Å². The smallest absolute Gasteiger partial charge is 0.0162 e. The molecule has 34 heavy (non-hydrogen) atoms. The molecule has 1 atom stereocenters. The average molecular weight is 465 g/mol. The molecule has 0 N–H and O–H groups in total. The standard InChI is InChI=1S/C34H56/c1-3-5-9-28-12-14-29(15-13-28)18-25-34(31-10-7-6-8-11-31)26-30-19-23-33(24-20-30)32-21-16-27(4-2)17-22-32/h19-20,23-24,27-29,31-32,34H,3-18,21-22,25-26H2,1-2H3. The van der Waals surface area contributed by atoms with E-state index in [1.54, 1.807) is 11.1 Å². The third-order valence-electron chi connectivity index (χ3n) is 10.6. The molecular formula is C34H56. The second kappa shape index (κ2) is 14.1. The number of hydrogen-bond donors (Lipinski definition) is 0. The van der Waals surface area contributed by atoms with Gasteiger partial charge in [0.25, 0.3) is 0 Å². The van der Waals surface area contributed by atoms with Crippen LogP contribution < -0.4 is 0 Å². The number of benzene rings is 1. The number of hydrogen-bond acceptors (Lipinski definition) is 0. The van der Waals surface area contributed by atoms with Crippen molar-refractivity contribution in [3.8, 4) is 0 Å². The quantitative estimate of drug-likeness (QED) is 0.305. The first-order valence-electron chi connectivity index (χ1n) is 15.8. The second-order valence-corrected chi connectivity index (χ2v) is 12.8. The molecular weight excluding hydrogens is 408 g/mol. The first-order chi connectivity index (χ1) is 16.7. The van der Waals surface area contributed by atoms with Crippen LogP contribution >= 0.6 is 0 Å². The summed E-state index contributed by atoms with van der Waals surface area (Å²) in [5, 5.41) is 0. The van der Waals surface area contributed by atoms with Crippen LogP contribution in [-0.2, 0) is 6.42 Å². The molecule has 0 radical (unpaired) electrons. The maximum absolute atomic E-state index is 2.52. The predicted molar refractivity (Wildman–Crippen MR) is 149 cm³/mol. The molecule has 3 fully saturated rings. The Morgan fingerprint density at radius 2 is 1.29 bits per heavy atom. The van der Waals surface area contributed by atoms with Crippen molar-refractivity contribution >= 4 is 0 Å². The molecule has 0 nitrogen and oxygen atoms in total. The van der Waals surface area contributed by atoms with Crippen molar-refractivity contribution in [2.75, 3.05) is 0 Å². The Labute approximate surface area is 213 Å². The molecule has 0 aliphatic heterocycles. The van der Waals surface area contributed by atoms with Crippen LogP contribution in [0.25, 0.3) is 0 Å². The minimum absolute atomic E-state index is 0.832. The first-order valence-corrected chi connectivity index (χ1v) is 15.8. The zero-order valence-electron chi connectivity index (χ0n) is 22.9. The summed E-state index contributed by atoms with van der Waals surface area (Å²) in [4.78, 5) is 0. The molecule has 0 amide bonds. The van der Waals surface area contributed by atoms with Crippen molar-refractivity contribution < 1.29 is 0 Å². The van der Waals surface area contributed by atoms with Crippen LogP contribution in [0.1, 0.15) is 153 Å². The van der Waals surface area contributed by atoms with Gasteiger partial charge in [-0.05, 0) is 85.2 Å². The number of unbranched alkanes of at least 4 members (excludes halogenated alkanes) is 1. The molecule has 0 spiro atoms. The van der Waals surface area contributed by atoms with E-state index in [0.717, 1.165) is 35.5 Å². The maximum Gasteiger partial charge on any atom is -0.0162 e. The van der Waals surface area contributed by atoms with Crippen molar-refractivity contribution in [3.63, 3.8) is 0 Å². The third kappa shape index (κ3) is 7.86. The van der Waals surface area contributed by atoms with E-state index in [-0.39, 0.29) is 0 Å². The summed E-state index contributed by atoms with van der Waals surface area (Å²) in [6.07, 6.45) is 29.4. The molecule has 0 heterocycles. The minimum atomic E-state index is 0.832. The lowest BCUT2D eigenvalue weighted by Gasteiger charge is -2.33. The molecule has 1 unspecified atom stereocenters. The summed E-state index contributed by atoms with van der Waals surface area (Å²) in [7, 11) is 0. The van der Waals surface area contributed by atoms with Gasteiger partial charge in [-0.3, -0.25) is 0 Å². The van der Waals surface area contributed by atoms with Gasteiger partial charge in [0, 0.05) is 0 Å². The molecule has 1 aromatic rings. The van der Waals surface area contributed by atoms with Crippen LogP contribution in [0.2, 0.25) is 0 Å². The van der Waals surface area contributed by atoms with E-state index in [4.69, 9.17) is 0 Å². The van der Waals surface area contributed by atoms with Crippen LogP contribution in [0.15, 0.2) is 24.3 Å². The van der Waals surface area contributed by atoms with Gasteiger partial charge < -0.3 is 0 Å². The molecule has 0 heteroatoms. The van der Waals surface area contributed by atoms with Gasteiger partial charge in [0.2, 0.25) is 0 Å². The lowest BCUT2D eigenvalue weighted by molar-refractivity contribution is 0.196. The van der Waals surface area contributed by atoms with E-state index in [9.17, 15) is 0 Å². The van der Waals surface area contributed by atoms with Crippen molar-refractivity contribution in [2.24, 2.45) is 29.6 Å². The van der Waals surface area contributed by atoms with Crippen LogP contribution in [-0.4, -0.2) is 0 Å². The van der Waals surface area contributed by atoms with E-state index < -0.39 is 0 Å². The van der Waals surface area contributed by atoms with E-state index in [1.807, 2.05) is 0 Å². The average Bonchev–Trinajstić information content (AvgIpc) is 2.91. The summed E-state index contributed by atoms with van der Waals surface area (Å²) in [6.45, 7) is 4.73. The summed E-state index contributed by atoms with van der Waals surface area (Å²) in [5.74, 6) is 5.85. The largest absolute Gasteiger partial charge is 0.0654 e. The summed E-state index contributed by atoms with van der Waals surface area (Å²) in [6, 6.07) is 10.1. The van der Waals surface area contributed by atoms with Crippen LogP contribution in [0.5, 0.6) is 0 Å². The van der Waals surface area contributed by atoms with E-state index in [1.165, 1.54) is 128 Å². The molecule has 3 aliphatic rings. The summed E-state index contributed by atoms with van der Waals surface area (Å²) < 4.78 is 0. The Morgan fingerprint density at radius 1 is 0.676 bits per heavy atom. The topological polar surface area (TPSA) is 0 Å². The molecule has 0 aromatic heterocycles. The lowest BCUT2D eigenvalue weighted by Crippen LogP contribution is -2.22. The Bertz CT molecular complexity index is 650. The highest BCUT2D eigenvalue weighted by Gasteiger charge is 2.27. The van der Waals surface area contributed by atoms with Gasteiger partial charge >= 0.3 is 0 Å². The van der Waals surface area contributed by atoms with Gasteiger partial charge in [0.15, 0.2) is 0 Å². The predicted octanol–water partition coefficient (Wildman–Crippen LogP) is 10.9. The summed E-state index contributed by atoms with van der Waals surface area (Å²) in [5.41, 5.74) is 3.26. The minimum Gasteiger partial charge on any atom is -0.0654 e. The Kier molecular flexibility index (Phi) is 10.9. The van der Waals surface area contributed by atoms with Crippen molar-refractivity contribution in [3.05, 3.63) is 35.4 Å². The lowest BCUT2D eigenvalue weighted by atomic mass is 9.72. The van der Waals surface area contributed by atoms with Gasteiger partial charge in [-0.1, -0.05) is 128 Å². The molecule has 192 valence electrons. The summed E-state index contributed by atoms with van der Waals surface area (Å²) >= 11 is 0. The third-order valence-corrected chi connectivity index (χ3v) is 10.6. The normalized spacial score (nSPS) is 29.7. The highest BCUT2D eigenvalue weighted by molar-refractivity contribution is 5.26. The molecule has 1 aromatic carbocycles. The number of rotatable bonds is 11. The fourth-order valence-electron chi connectivity index (χ4n) is 7.99. The molecule has 4 rings (SSSR count). The highest BCUT2D eigenvalue weighted by Crippen LogP contribution is 2.40. The highest BCUT2D eigenvalue weighted by atomic mass is 14.3. The second-order valence-electron chi connectivity index (χ2n) is 12.8. The van der Waals surface area contributed by atoms with Crippen LogP contribution in [0.3, 0.4) is 0 Å². The van der Waals surface area contributed by atoms with Crippen molar-refractivity contribution in [1.29, 1.82) is 0 Å². The van der Waals surface area contributed by atoms with Gasteiger partial charge in [-0.2, -0.15) is 0 Å².